The van der Waals surface area contributed by atoms with Crippen LogP contribution in [-0.2, 0) is 6.42 Å². The summed E-state index contributed by atoms with van der Waals surface area (Å²) in [4.78, 5) is 27.8. The van der Waals surface area contributed by atoms with Crippen LogP contribution in [0.25, 0.3) is 21.3 Å². The highest BCUT2D eigenvalue weighted by Crippen LogP contribution is 2.22. The third-order valence-electron chi connectivity index (χ3n) is 3.57. The first kappa shape index (κ1) is 12.3. The first-order valence-corrected chi connectivity index (χ1v) is 7.48. The molecule has 0 bridgehead atoms. The molecule has 0 spiro atoms. The molecule has 0 aromatic carbocycles. The van der Waals surface area contributed by atoms with E-state index in [0.29, 0.717) is 17.6 Å². The molecule has 0 aliphatic carbocycles. The Labute approximate surface area is 123 Å². The molecule has 0 aliphatic heterocycles. The van der Waals surface area contributed by atoms with Crippen LogP contribution < -0.4 is 5.56 Å². The summed E-state index contributed by atoms with van der Waals surface area (Å²) in [5.41, 5.74) is 2.84. The van der Waals surface area contributed by atoms with Crippen molar-refractivity contribution in [2.75, 3.05) is 0 Å². The van der Waals surface area contributed by atoms with E-state index < -0.39 is 0 Å². The fourth-order valence-electron chi connectivity index (χ4n) is 2.56. The van der Waals surface area contributed by atoms with Gasteiger partial charge in [0.1, 0.15) is 16.3 Å². The number of nitrogens with zero attached hydrogens (tertiary/aromatic N) is 2. The Bertz CT molecular complexity index is 1010. The Kier molecular flexibility index (Phi) is 2.65. The standard InChI is InChI=1S/C15H12N4OS/c1-8-7-21-15-12(8)14(20)18-11(19-15)5-9-6-17-13-10(9)3-2-4-16-13/h2-4,6-7H,5H2,1H3,(H,16,17)(H,18,19,20). The van der Waals surface area contributed by atoms with Gasteiger partial charge in [0.2, 0.25) is 0 Å². The monoisotopic (exact) mass is 296 g/mol. The second-order valence-corrected chi connectivity index (χ2v) is 5.86. The van der Waals surface area contributed by atoms with Crippen molar-refractivity contribution in [3.63, 3.8) is 0 Å². The summed E-state index contributed by atoms with van der Waals surface area (Å²) in [7, 11) is 0. The van der Waals surface area contributed by atoms with Crippen LogP contribution in [-0.4, -0.2) is 19.9 Å². The minimum atomic E-state index is -0.0632. The Morgan fingerprint density at radius 1 is 1.38 bits per heavy atom. The molecule has 6 heteroatoms. The fraction of sp³-hybridized carbons (Fsp3) is 0.133. The van der Waals surface area contributed by atoms with Crippen molar-refractivity contribution in [2.45, 2.75) is 13.3 Å². The van der Waals surface area contributed by atoms with E-state index in [-0.39, 0.29) is 5.56 Å². The number of thiophene rings is 1. The molecule has 2 N–H and O–H groups in total. The average Bonchev–Trinajstić information content (AvgIpc) is 3.04. The van der Waals surface area contributed by atoms with Gasteiger partial charge in [-0.2, -0.15) is 0 Å². The van der Waals surface area contributed by atoms with Gasteiger partial charge in [0.05, 0.1) is 5.39 Å². The molecule has 0 radical (unpaired) electrons. The van der Waals surface area contributed by atoms with Crippen molar-refractivity contribution in [1.82, 2.24) is 19.9 Å². The van der Waals surface area contributed by atoms with E-state index in [0.717, 1.165) is 27.0 Å². The molecule has 0 amide bonds. The third kappa shape index (κ3) is 1.95. The highest BCUT2D eigenvalue weighted by Gasteiger charge is 2.11. The number of aromatic nitrogens is 4. The van der Waals surface area contributed by atoms with Gasteiger partial charge >= 0.3 is 0 Å². The van der Waals surface area contributed by atoms with Gasteiger partial charge < -0.3 is 9.97 Å². The number of aryl methyl sites for hydroxylation is 1. The van der Waals surface area contributed by atoms with E-state index in [4.69, 9.17) is 0 Å². The van der Waals surface area contributed by atoms with E-state index in [1.54, 1.807) is 6.20 Å². The van der Waals surface area contributed by atoms with Crippen LogP contribution in [0.5, 0.6) is 0 Å². The summed E-state index contributed by atoms with van der Waals surface area (Å²) in [5, 5.41) is 3.72. The smallest absolute Gasteiger partial charge is 0.259 e. The molecule has 0 unspecified atom stereocenters. The number of nitrogens with one attached hydrogen (secondary N) is 2. The molecule has 4 heterocycles. The SMILES string of the molecule is Cc1csc2nc(Cc3c[nH]c4ncccc34)[nH]c(=O)c12. The third-order valence-corrected chi connectivity index (χ3v) is 4.56. The second kappa shape index (κ2) is 4.53. The molecule has 0 fully saturated rings. The molecule has 0 atom stereocenters. The van der Waals surface area contributed by atoms with E-state index in [1.807, 2.05) is 30.6 Å². The van der Waals surface area contributed by atoms with Crippen LogP contribution in [0, 0.1) is 6.92 Å². The van der Waals surface area contributed by atoms with Gasteiger partial charge in [0, 0.05) is 24.2 Å². The minimum Gasteiger partial charge on any atom is -0.346 e. The maximum Gasteiger partial charge on any atom is 0.259 e. The first-order chi connectivity index (χ1) is 10.2. The number of pyridine rings is 1. The van der Waals surface area contributed by atoms with Gasteiger partial charge in [-0.25, -0.2) is 9.97 Å². The Hall–Kier alpha value is -2.47. The number of hydrogen-bond acceptors (Lipinski definition) is 4. The number of hydrogen-bond donors (Lipinski definition) is 2. The van der Waals surface area contributed by atoms with Gasteiger partial charge in [-0.05, 0) is 35.6 Å². The Morgan fingerprint density at radius 2 is 2.29 bits per heavy atom. The first-order valence-electron chi connectivity index (χ1n) is 6.60. The predicted octanol–water partition coefficient (Wildman–Crippen LogP) is 2.76. The molecular formula is C15H12N4OS. The minimum absolute atomic E-state index is 0.0632. The average molecular weight is 296 g/mol. The van der Waals surface area contributed by atoms with Crippen molar-refractivity contribution in [3.05, 3.63) is 57.2 Å². The summed E-state index contributed by atoms with van der Waals surface area (Å²) in [6.45, 7) is 1.93. The van der Waals surface area contributed by atoms with Gasteiger partial charge in [0.25, 0.3) is 5.56 Å². The number of rotatable bonds is 2. The molecule has 21 heavy (non-hydrogen) atoms. The van der Waals surface area contributed by atoms with Crippen molar-refractivity contribution in [3.8, 4) is 0 Å². The normalized spacial score (nSPS) is 11.5. The van der Waals surface area contributed by atoms with Crippen molar-refractivity contribution in [2.24, 2.45) is 0 Å². The zero-order valence-corrected chi connectivity index (χ0v) is 12.1. The molecule has 0 saturated carbocycles. The lowest BCUT2D eigenvalue weighted by Gasteiger charge is -2.00. The zero-order valence-electron chi connectivity index (χ0n) is 11.3. The van der Waals surface area contributed by atoms with Crippen LogP contribution in [0.2, 0.25) is 0 Å². The predicted molar refractivity (Wildman–Crippen MR) is 83.9 cm³/mol. The summed E-state index contributed by atoms with van der Waals surface area (Å²) in [6.07, 6.45) is 4.25. The summed E-state index contributed by atoms with van der Waals surface area (Å²) >= 11 is 1.51. The highest BCUT2D eigenvalue weighted by molar-refractivity contribution is 7.16. The summed E-state index contributed by atoms with van der Waals surface area (Å²) in [6, 6.07) is 3.92. The van der Waals surface area contributed by atoms with Crippen LogP contribution in [0.4, 0.5) is 0 Å². The fourth-order valence-corrected chi connectivity index (χ4v) is 3.50. The second-order valence-electron chi connectivity index (χ2n) is 5.00. The van der Waals surface area contributed by atoms with Crippen LogP contribution >= 0.6 is 11.3 Å². The van der Waals surface area contributed by atoms with E-state index in [2.05, 4.69) is 19.9 Å². The van der Waals surface area contributed by atoms with Crippen LogP contribution in [0.3, 0.4) is 0 Å². The quantitative estimate of drug-likeness (QED) is 0.597. The van der Waals surface area contributed by atoms with Crippen LogP contribution in [0.15, 0.2) is 34.7 Å². The zero-order chi connectivity index (χ0) is 14.4. The molecule has 4 aromatic heterocycles. The van der Waals surface area contributed by atoms with Gasteiger partial charge in [0.15, 0.2) is 0 Å². The van der Waals surface area contributed by atoms with Crippen LogP contribution in [0.1, 0.15) is 17.0 Å². The maximum absolute atomic E-state index is 12.2. The summed E-state index contributed by atoms with van der Waals surface area (Å²) < 4.78 is 0. The largest absolute Gasteiger partial charge is 0.346 e. The lowest BCUT2D eigenvalue weighted by molar-refractivity contribution is 0.981. The number of aromatic amines is 2. The number of fused-ring (bicyclic) bond motifs is 2. The highest BCUT2D eigenvalue weighted by atomic mass is 32.1. The Balaban J connectivity index is 1.82. The lowest BCUT2D eigenvalue weighted by Crippen LogP contribution is -2.11. The molecule has 0 aliphatic rings. The topological polar surface area (TPSA) is 74.4 Å². The van der Waals surface area contributed by atoms with Gasteiger partial charge in [-0.1, -0.05) is 0 Å². The van der Waals surface area contributed by atoms with Crippen molar-refractivity contribution in [1.29, 1.82) is 0 Å². The Morgan fingerprint density at radius 3 is 3.19 bits per heavy atom. The molecule has 5 nitrogen and oxygen atoms in total. The van der Waals surface area contributed by atoms with Crippen molar-refractivity contribution >= 4 is 32.6 Å². The molecule has 4 aromatic rings. The van der Waals surface area contributed by atoms with E-state index in [1.165, 1.54) is 11.3 Å². The molecule has 0 saturated heterocycles. The number of H-pyrrole nitrogens is 2. The van der Waals surface area contributed by atoms with E-state index >= 15 is 0 Å². The molecule has 104 valence electrons. The maximum atomic E-state index is 12.2. The summed E-state index contributed by atoms with van der Waals surface area (Å²) in [5.74, 6) is 0.680. The van der Waals surface area contributed by atoms with Crippen molar-refractivity contribution < 1.29 is 0 Å². The lowest BCUT2D eigenvalue weighted by atomic mass is 10.1. The van der Waals surface area contributed by atoms with Gasteiger partial charge in [-0.15, -0.1) is 11.3 Å². The molecular weight excluding hydrogens is 284 g/mol. The van der Waals surface area contributed by atoms with E-state index in [9.17, 15) is 4.79 Å². The van der Waals surface area contributed by atoms with Gasteiger partial charge in [-0.3, -0.25) is 4.79 Å². The molecule has 4 rings (SSSR count).